The van der Waals surface area contributed by atoms with Crippen molar-refractivity contribution in [2.24, 2.45) is 5.10 Å². The van der Waals surface area contributed by atoms with E-state index in [9.17, 15) is 4.79 Å². The van der Waals surface area contributed by atoms with Crippen molar-refractivity contribution in [3.8, 4) is 11.5 Å². The number of carbonyl (C=O) groups excluding carboxylic acids is 1. The van der Waals surface area contributed by atoms with Crippen LogP contribution in [0.4, 0.5) is 0 Å². The first-order valence-electron chi connectivity index (χ1n) is 9.16. The minimum atomic E-state index is -0.211. The molecule has 0 fully saturated rings. The van der Waals surface area contributed by atoms with Crippen molar-refractivity contribution in [3.05, 3.63) is 92.4 Å². The number of halogens is 2. The van der Waals surface area contributed by atoms with E-state index in [0.717, 1.165) is 31.4 Å². The second-order valence-electron chi connectivity index (χ2n) is 6.40. The molecule has 154 valence electrons. The Bertz CT molecular complexity index is 1020. The Morgan fingerprint density at radius 1 is 1.03 bits per heavy atom. The van der Waals surface area contributed by atoms with Crippen LogP contribution in [0.25, 0.3) is 0 Å². The normalized spacial score (nSPS) is 10.8. The molecule has 3 rings (SSSR count). The molecule has 0 aliphatic heterocycles. The Kier molecular flexibility index (Phi) is 8.04. The molecule has 1 N–H and O–H groups in total. The van der Waals surface area contributed by atoms with Crippen LogP contribution < -0.4 is 14.9 Å². The number of nitrogens with one attached hydrogen (secondary N) is 1. The van der Waals surface area contributed by atoms with Gasteiger partial charge in [-0.2, -0.15) is 5.10 Å². The molecule has 0 aliphatic carbocycles. The van der Waals surface area contributed by atoms with Crippen molar-refractivity contribution in [3.63, 3.8) is 0 Å². The van der Waals surface area contributed by atoms with E-state index in [1.54, 1.807) is 13.3 Å². The average Bonchev–Trinajstić information content (AvgIpc) is 2.74. The van der Waals surface area contributed by atoms with Crippen molar-refractivity contribution in [2.45, 2.75) is 13.0 Å². The number of nitrogens with zero attached hydrogens (tertiary/aromatic N) is 1. The van der Waals surface area contributed by atoms with Gasteiger partial charge in [0.1, 0.15) is 18.1 Å². The van der Waals surface area contributed by atoms with E-state index in [0.29, 0.717) is 12.4 Å². The topological polar surface area (TPSA) is 59.9 Å². The molecule has 3 aromatic rings. The molecule has 0 aliphatic rings. The molecule has 0 heterocycles. The van der Waals surface area contributed by atoms with Crippen LogP contribution in [0.15, 0.2) is 80.8 Å². The second-order valence-corrected chi connectivity index (χ2v) is 8.17. The van der Waals surface area contributed by atoms with Gasteiger partial charge in [0.2, 0.25) is 5.91 Å². The molecule has 0 bridgehead atoms. The number of carbonyl (C=O) groups is 1. The molecular formula is C23H20Br2N2O3. The van der Waals surface area contributed by atoms with Gasteiger partial charge in [0.25, 0.3) is 0 Å². The van der Waals surface area contributed by atoms with Crippen LogP contribution in [0.2, 0.25) is 0 Å². The maximum absolute atomic E-state index is 12.2. The van der Waals surface area contributed by atoms with Crippen LogP contribution in [0.1, 0.15) is 16.7 Å². The zero-order valence-electron chi connectivity index (χ0n) is 16.3. The molecule has 0 atom stereocenters. The van der Waals surface area contributed by atoms with Gasteiger partial charge in [-0.15, -0.1) is 0 Å². The third-order valence-electron chi connectivity index (χ3n) is 4.18. The number of hydrogen-bond donors (Lipinski definition) is 1. The van der Waals surface area contributed by atoms with E-state index < -0.39 is 0 Å². The van der Waals surface area contributed by atoms with Gasteiger partial charge in [0.15, 0.2) is 0 Å². The lowest BCUT2D eigenvalue weighted by Gasteiger charge is -2.12. The minimum Gasteiger partial charge on any atom is -0.497 e. The average molecular weight is 532 g/mol. The predicted molar refractivity (Wildman–Crippen MR) is 125 cm³/mol. The first-order chi connectivity index (χ1) is 14.5. The minimum absolute atomic E-state index is 0.211. The van der Waals surface area contributed by atoms with E-state index in [1.807, 2.05) is 66.7 Å². The molecule has 0 spiro atoms. The number of benzene rings is 3. The molecule has 0 aromatic heterocycles. The Labute approximate surface area is 192 Å². The summed E-state index contributed by atoms with van der Waals surface area (Å²) in [6.45, 7) is 0.422. The SMILES string of the molecule is COc1ccc(CC(=O)N/N=C/c2cc(Br)cc(Br)c2OCc2ccccc2)cc1. The highest BCUT2D eigenvalue weighted by molar-refractivity contribution is 9.11. The number of rotatable bonds is 8. The maximum Gasteiger partial charge on any atom is 0.244 e. The summed E-state index contributed by atoms with van der Waals surface area (Å²) in [7, 11) is 1.61. The lowest BCUT2D eigenvalue weighted by molar-refractivity contribution is -0.120. The quantitative estimate of drug-likeness (QED) is 0.309. The van der Waals surface area contributed by atoms with Gasteiger partial charge in [0.05, 0.1) is 24.2 Å². The predicted octanol–water partition coefficient (Wildman–Crippen LogP) is 5.49. The molecule has 0 unspecified atom stereocenters. The van der Waals surface area contributed by atoms with Crippen molar-refractivity contribution >= 4 is 44.0 Å². The third-order valence-corrected chi connectivity index (χ3v) is 5.23. The Hall–Kier alpha value is -2.64. The standard InChI is InChI=1S/C23H20Br2N2O3/c1-29-20-9-7-16(8-10-20)11-22(28)27-26-14-18-12-19(24)13-21(25)23(18)30-15-17-5-3-2-4-6-17/h2-10,12-14H,11,15H2,1H3,(H,27,28)/b26-14+. The summed E-state index contributed by atoms with van der Waals surface area (Å²) < 4.78 is 12.8. The van der Waals surface area contributed by atoms with Crippen LogP contribution >= 0.6 is 31.9 Å². The van der Waals surface area contributed by atoms with E-state index in [4.69, 9.17) is 9.47 Å². The largest absolute Gasteiger partial charge is 0.497 e. The monoisotopic (exact) mass is 530 g/mol. The number of ether oxygens (including phenoxy) is 2. The molecule has 5 nitrogen and oxygen atoms in total. The molecule has 0 radical (unpaired) electrons. The first kappa shape index (κ1) is 22.1. The summed E-state index contributed by atoms with van der Waals surface area (Å²) in [5, 5.41) is 4.10. The van der Waals surface area contributed by atoms with Crippen LogP contribution in [0.3, 0.4) is 0 Å². The fraction of sp³-hybridized carbons (Fsp3) is 0.130. The summed E-state index contributed by atoms with van der Waals surface area (Å²) in [6, 6.07) is 21.0. The van der Waals surface area contributed by atoms with E-state index in [-0.39, 0.29) is 12.3 Å². The number of hydrazone groups is 1. The van der Waals surface area contributed by atoms with Crippen molar-refractivity contribution in [1.29, 1.82) is 0 Å². The molecule has 1 amide bonds. The van der Waals surface area contributed by atoms with Gasteiger partial charge < -0.3 is 9.47 Å². The zero-order valence-corrected chi connectivity index (χ0v) is 19.4. The van der Waals surface area contributed by atoms with E-state index in [2.05, 4.69) is 42.4 Å². The molecule has 30 heavy (non-hydrogen) atoms. The van der Waals surface area contributed by atoms with E-state index >= 15 is 0 Å². The lowest BCUT2D eigenvalue weighted by Crippen LogP contribution is -2.19. The van der Waals surface area contributed by atoms with Gasteiger partial charge in [-0.25, -0.2) is 5.43 Å². The van der Waals surface area contributed by atoms with Gasteiger partial charge >= 0.3 is 0 Å². The molecular weight excluding hydrogens is 512 g/mol. The molecule has 7 heteroatoms. The van der Waals surface area contributed by atoms with Crippen molar-refractivity contribution < 1.29 is 14.3 Å². The van der Waals surface area contributed by atoms with Crippen molar-refractivity contribution in [1.82, 2.24) is 5.43 Å². The fourth-order valence-electron chi connectivity index (χ4n) is 2.70. The second kappa shape index (κ2) is 10.9. The Morgan fingerprint density at radius 2 is 1.77 bits per heavy atom. The highest BCUT2D eigenvalue weighted by Gasteiger charge is 2.10. The van der Waals surface area contributed by atoms with Crippen LogP contribution in [-0.2, 0) is 17.8 Å². The fourth-order valence-corrected chi connectivity index (χ4v) is 4.07. The summed E-state index contributed by atoms with van der Waals surface area (Å²) >= 11 is 7.01. The lowest BCUT2D eigenvalue weighted by atomic mass is 10.1. The number of amides is 1. The van der Waals surface area contributed by atoms with Gasteiger partial charge in [-0.05, 0) is 51.3 Å². The van der Waals surface area contributed by atoms with Gasteiger partial charge in [-0.1, -0.05) is 58.4 Å². The summed E-state index contributed by atoms with van der Waals surface area (Å²) in [5.74, 6) is 1.19. The van der Waals surface area contributed by atoms with Gasteiger partial charge in [-0.3, -0.25) is 4.79 Å². The number of hydrogen-bond acceptors (Lipinski definition) is 4. The first-order valence-corrected chi connectivity index (χ1v) is 10.7. The van der Waals surface area contributed by atoms with E-state index in [1.165, 1.54) is 0 Å². The van der Waals surface area contributed by atoms with Crippen LogP contribution in [0, 0.1) is 0 Å². The Morgan fingerprint density at radius 3 is 2.47 bits per heavy atom. The van der Waals surface area contributed by atoms with Crippen molar-refractivity contribution in [2.75, 3.05) is 7.11 Å². The summed E-state index contributed by atoms with van der Waals surface area (Å²) in [6.07, 6.45) is 1.79. The highest BCUT2D eigenvalue weighted by atomic mass is 79.9. The smallest absolute Gasteiger partial charge is 0.244 e. The zero-order chi connectivity index (χ0) is 21.3. The maximum atomic E-state index is 12.2. The van der Waals surface area contributed by atoms with Crippen LogP contribution in [0.5, 0.6) is 11.5 Å². The summed E-state index contributed by atoms with van der Waals surface area (Å²) in [5.41, 5.74) is 5.23. The third kappa shape index (κ3) is 6.43. The van der Waals surface area contributed by atoms with Gasteiger partial charge in [0, 0.05) is 10.0 Å². The van der Waals surface area contributed by atoms with Crippen LogP contribution in [-0.4, -0.2) is 19.2 Å². The molecule has 3 aromatic carbocycles. The number of methoxy groups -OCH3 is 1. The molecule has 0 saturated carbocycles. The molecule has 0 saturated heterocycles. The Balaban J connectivity index is 1.65. The highest BCUT2D eigenvalue weighted by Crippen LogP contribution is 2.32. The summed E-state index contributed by atoms with van der Waals surface area (Å²) in [4.78, 5) is 12.2.